The van der Waals surface area contributed by atoms with E-state index in [4.69, 9.17) is 9.31 Å². The topological polar surface area (TPSA) is 21.7 Å². The zero-order valence-electron chi connectivity index (χ0n) is 8.55. The van der Waals surface area contributed by atoms with Gasteiger partial charge < -0.3 is 9.31 Å². The summed E-state index contributed by atoms with van der Waals surface area (Å²) in [5.41, 5.74) is 0. The van der Waals surface area contributed by atoms with Gasteiger partial charge in [-0.3, -0.25) is 4.81 Å². The van der Waals surface area contributed by atoms with Crippen LogP contribution in [0.25, 0.3) is 0 Å². The second kappa shape index (κ2) is 3.65. The lowest BCUT2D eigenvalue weighted by Gasteiger charge is -2.20. The summed E-state index contributed by atoms with van der Waals surface area (Å²) in [7, 11) is -0.229. The van der Waals surface area contributed by atoms with Crippen LogP contribution in [0.5, 0.6) is 11.5 Å². The molecular formula is C10H12BNO2S. The van der Waals surface area contributed by atoms with Crippen molar-refractivity contribution in [3.05, 3.63) is 24.3 Å². The lowest BCUT2D eigenvalue weighted by atomic mass is 10.1. The lowest BCUT2D eigenvalue weighted by Crippen LogP contribution is -2.47. The van der Waals surface area contributed by atoms with Crippen molar-refractivity contribution in [3.8, 4) is 11.5 Å². The SMILES string of the molecule is CC1SCCN1B1Oc2ccccc2O1. The molecule has 1 aromatic rings. The standard InChI is InChI=1S/C10H12BNO2S/c1-8-12(6-7-15-8)11-13-9-4-2-3-5-10(9)14-11/h2-5,8H,6-7H2,1H3. The van der Waals surface area contributed by atoms with Crippen LogP contribution in [0.2, 0.25) is 0 Å². The second-order valence-electron chi connectivity index (χ2n) is 3.70. The third-order valence-electron chi connectivity index (χ3n) is 2.75. The number of thioether (sulfide) groups is 1. The molecule has 0 bridgehead atoms. The normalized spacial score (nSPS) is 24.9. The van der Waals surface area contributed by atoms with Crippen molar-refractivity contribution in [2.75, 3.05) is 12.3 Å². The molecule has 2 heterocycles. The van der Waals surface area contributed by atoms with Crippen molar-refractivity contribution in [2.45, 2.75) is 12.3 Å². The van der Waals surface area contributed by atoms with E-state index in [1.807, 2.05) is 36.0 Å². The first-order valence-electron chi connectivity index (χ1n) is 5.14. The average molecular weight is 221 g/mol. The van der Waals surface area contributed by atoms with Gasteiger partial charge in [-0.2, -0.15) is 0 Å². The average Bonchev–Trinajstić information content (AvgIpc) is 2.82. The Hall–Kier alpha value is -0.805. The quantitative estimate of drug-likeness (QED) is 0.674. The molecule has 15 heavy (non-hydrogen) atoms. The Morgan fingerprint density at radius 1 is 1.33 bits per heavy atom. The molecular weight excluding hydrogens is 209 g/mol. The van der Waals surface area contributed by atoms with Crippen molar-refractivity contribution >= 4 is 19.0 Å². The maximum atomic E-state index is 5.75. The minimum Gasteiger partial charge on any atom is -0.509 e. The van der Waals surface area contributed by atoms with Gasteiger partial charge in [-0.05, 0) is 19.1 Å². The van der Waals surface area contributed by atoms with Crippen LogP contribution >= 0.6 is 11.8 Å². The zero-order chi connectivity index (χ0) is 10.3. The fourth-order valence-electron chi connectivity index (χ4n) is 1.90. The van der Waals surface area contributed by atoms with Crippen molar-refractivity contribution < 1.29 is 9.31 Å². The van der Waals surface area contributed by atoms with E-state index in [-0.39, 0.29) is 7.25 Å². The Kier molecular flexibility index (Phi) is 2.29. The fraction of sp³-hybridized carbons (Fsp3) is 0.400. The van der Waals surface area contributed by atoms with Gasteiger partial charge in [0.25, 0.3) is 0 Å². The lowest BCUT2D eigenvalue weighted by molar-refractivity contribution is 0.335. The largest absolute Gasteiger partial charge is 0.702 e. The van der Waals surface area contributed by atoms with Gasteiger partial charge >= 0.3 is 7.25 Å². The van der Waals surface area contributed by atoms with E-state index in [9.17, 15) is 0 Å². The van der Waals surface area contributed by atoms with Gasteiger partial charge in [-0.1, -0.05) is 12.1 Å². The Morgan fingerprint density at radius 2 is 2.00 bits per heavy atom. The monoisotopic (exact) mass is 221 g/mol. The molecule has 1 saturated heterocycles. The smallest absolute Gasteiger partial charge is 0.509 e. The van der Waals surface area contributed by atoms with E-state index in [2.05, 4.69) is 11.7 Å². The van der Waals surface area contributed by atoms with Crippen molar-refractivity contribution in [3.63, 3.8) is 0 Å². The van der Waals surface area contributed by atoms with Gasteiger partial charge in [0.1, 0.15) is 11.5 Å². The molecule has 3 rings (SSSR count). The molecule has 2 aliphatic rings. The molecule has 0 aliphatic carbocycles. The molecule has 3 nitrogen and oxygen atoms in total. The van der Waals surface area contributed by atoms with Crippen LogP contribution in [-0.4, -0.2) is 29.7 Å². The van der Waals surface area contributed by atoms with Crippen LogP contribution in [0, 0.1) is 0 Å². The number of nitrogens with zero attached hydrogens (tertiary/aromatic N) is 1. The summed E-state index contributed by atoms with van der Waals surface area (Å²) in [6.07, 6.45) is 0. The predicted molar refractivity (Wildman–Crippen MR) is 62.1 cm³/mol. The van der Waals surface area contributed by atoms with Crippen LogP contribution in [-0.2, 0) is 0 Å². The van der Waals surface area contributed by atoms with Crippen molar-refractivity contribution in [1.29, 1.82) is 0 Å². The van der Waals surface area contributed by atoms with Gasteiger partial charge in [0, 0.05) is 17.7 Å². The fourth-order valence-corrected chi connectivity index (χ4v) is 2.96. The molecule has 1 aromatic carbocycles. The highest BCUT2D eigenvalue weighted by atomic mass is 32.2. The molecule has 1 fully saturated rings. The zero-order valence-corrected chi connectivity index (χ0v) is 9.37. The van der Waals surface area contributed by atoms with Crippen molar-refractivity contribution in [2.24, 2.45) is 0 Å². The maximum Gasteiger partial charge on any atom is 0.702 e. The Bertz CT molecular complexity index is 351. The predicted octanol–water partition coefficient (Wildman–Crippen LogP) is 1.84. The van der Waals surface area contributed by atoms with Crippen molar-refractivity contribution in [1.82, 2.24) is 4.81 Å². The molecule has 78 valence electrons. The third-order valence-corrected chi connectivity index (χ3v) is 3.92. The first kappa shape index (κ1) is 9.42. The molecule has 0 spiro atoms. The van der Waals surface area contributed by atoms with E-state index in [0.29, 0.717) is 5.37 Å². The highest BCUT2D eigenvalue weighted by molar-refractivity contribution is 8.00. The minimum atomic E-state index is -0.229. The van der Waals surface area contributed by atoms with E-state index in [1.54, 1.807) is 0 Å². The van der Waals surface area contributed by atoms with Crippen LogP contribution in [0.15, 0.2) is 24.3 Å². The first-order chi connectivity index (χ1) is 7.34. The summed E-state index contributed by atoms with van der Waals surface area (Å²) in [6, 6.07) is 7.83. The highest BCUT2D eigenvalue weighted by Crippen LogP contribution is 2.35. The molecule has 0 amide bonds. The maximum absolute atomic E-state index is 5.75. The van der Waals surface area contributed by atoms with Crippen LogP contribution in [0.3, 0.4) is 0 Å². The highest BCUT2D eigenvalue weighted by Gasteiger charge is 2.43. The van der Waals surface area contributed by atoms with Gasteiger partial charge in [-0.15, -0.1) is 11.8 Å². The van der Waals surface area contributed by atoms with E-state index in [1.165, 1.54) is 0 Å². The van der Waals surface area contributed by atoms with Gasteiger partial charge in [0.05, 0.1) is 0 Å². The molecule has 0 saturated carbocycles. The number of fused-ring (bicyclic) bond motifs is 1. The molecule has 0 N–H and O–H groups in total. The molecule has 1 atom stereocenters. The number of rotatable bonds is 1. The molecule has 2 aliphatic heterocycles. The first-order valence-corrected chi connectivity index (χ1v) is 6.19. The summed E-state index contributed by atoms with van der Waals surface area (Å²) in [5.74, 6) is 2.86. The Balaban J connectivity index is 1.78. The molecule has 0 radical (unpaired) electrons. The molecule has 5 heteroatoms. The number of hydrogen-bond donors (Lipinski definition) is 0. The third kappa shape index (κ3) is 1.60. The molecule has 1 unspecified atom stereocenters. The summed E-state index contributed by atoms with van der Waals surface area (Å²) in [6.45, 7) is 3.22. The Labute approximate surface area is 93.9 Å². The summed E-state index contributed by atoms with van der Waals surface area (Å²) >= 11 is 1.94. The summed E-state index contributed by atoms with van der Waals surface area (Å²) < 4.78 is 11.5. The number of hydrogen-bond acceptors (Lipinski definition) is 4. The van der Waals surface area contributed by atoms with Crippen LogP contribution in [0.1, 0.15) is 6.92 Å². The molecule has 0 aromatic heterocycles. The van der Waals surface area contributed by atoms with Crippen LogP contribution in [0.4, 0.5) is 0 Å². The van der Waals surface area contributed by atoms with E-state index < -0.39 is 0 Å². The van der Waals surface area contributed by atoms with Crippen LogP contribution < -0.4 is 9.31 Å². The summed E-state index contributed by atoms with van der Waals surface area (Å²) in [5, 5.41) is 0.476. The summed E-state index contributed by atoms with van der Waals surface area (Å²) in [4.78, 5) is 2.24. The second-order valence-corrected chi connectivity index (χ2v) is 5.12. The van der Waals surface area contributed by atoms with Gasteiger partial charge in [-0.25, -0.2) is 0 Å². The number of benzene rings is 1. The minimum absolute atomic E-state index is 0.229. The van der Waals surface area contributed by atoms with E-state index >= 15 is 0 Å². The van der Waals surface area contributed by atoms with E-state index in [0.717, 1.165) is 23.8 Å². The van der Waals surface area contributed by atoms with Gasteiger partial charge in [0.15, 0.2) is 0 Å². The number of para-hydroxylation sites is 2. The Morgan fingerprint density at radius 3 is 2.53 bits per heavy atom. The van der Waals surface area contributed by atoms with Gasteiger partial charge in [0.2, 0.25) is 0 Å².